The van der Waals surface area contributed by atoms with Crippen molar-refractivity contribution in [2.24, 2.45) is 5.92 Å². The highest BCUT2D eigenvalue weighted by Crippen LogP contribution is 2.29. The third kappa shape index (κ3) is 4.38. The number of piperidine rings is 1. The summed E-state index contributed by atoms with van der Waals surface area (Å²) < 4.78 is 6.13. The van der Waals surface area contributed by atoms with Crippen LogP contribution in [0.2, 0.25) is 5.02 Å². The first-order valence-electron chi connectivity index (χ1n) is 8.52. The zero-order valence-electron chi connectivity index (χ0n) is 13.6. The van der Waals surface area contributed by atoms with Gasteiger partial charge in [0.15, 0.2) is 0 Å². The van der Waals surface area contributed by atoms with E-state index in [2.05, 4.69) is 4.90 Å². The van der Waals surface area contributed by atoms with Gasteiger partial charge in [0.25, 0.3) is 0 Å². The van der Waals surface area contributed by atoms with Gasteiger partial charge in [-0.2, -0.15) is 0 Å². The summed E-state index contributed by atoms with van der Waals surface area (Å²) in [5.41, 5.74) is 1.08. The molecule has 2 unspecified atom stereocenters. The Labute approximate surface area is 143 Å². The molecule has 1 aromatic rings. The van der Waals surface area contributed by atoms with Crippen LogP contribution in [0.3, 0.4) is 0 Å². The van der Waals surface area contributed by atoms with E-state index in [1.54, 1.807) is 0 Å². The van der Waals surface area contributed by atoms with Gasteiger partial charge in [-0.1, -0.05) is 11.6 Å². The number of likely N-dealkylation sites (tertiary alicyclic amines) is 1. The third-order valence-electron chi connectivity index (χ3n) is 5.08. The summed E-state index contributed by atoms with van der Waals surface area (Å²) in [6.07, 6.45) is 2.66. The number of benzene rings is 1. The molecule has 4 nitrogen and oxygen atoms in total. The van der Waals surface area contributed by atoms with Gasteiger partial charge < -0.3 is 19.8 Å². The van der Waals surface area contributed by atoms with Crippen LogP contribution in [0.15, 0.2) is 18.2 Å². The zero-order chi connectivity index (χ0) is 16.4. The number of halogens is 1. The van der Waals surface area contributed by atoms with Crippen molar-refractivity contribution in [3.63, 3.8) is 0 Å². The van der Waals surface area contributed by atoms with Gasteiger partial charge in [-0.15, -0.1) is 0 Å². The molecule has 0 radical (unpaired) electrons. The standard InChI is InChI=1S/C18H26ClNO3/c1-12-8-14(19)2-3-18(12)23-15-4-6-20(7-5-15)11-13-9-16(21)17(22)10-13/h2-3,8,13,15-17,21-22H,4-7,9-11H2,1H3. The lowest BCUT2D eigenvalue weighted by Crippen LogP contribution is -2.40. The van der Waals surface area contributed by atoms with Crippen LogP contribution in [0.4, 0.5) is 0 Å². The van der Waals surface area contributed by atoms with Crippen LogP contribution in [-0.4, -0.2) is 53.1 Å². The minimum absolute atomic E-state index is 0.255. The number of ether oxygens (including phenoxy) is 1. The summed E-state index contributed by atoms with van der Waals surface area (Å²) in [6.45, 7) is 5.02. The molecule has 2 aliphatic rings. The number of aryl methyl sites for hydroxylation is 1. The Morgan fingerprint density at radius 1 is 1.17 bits per heavy atom. The molecule has 128 valence electrons. The first kappa shape index (κ1) is 17.0. The Morgan fingerprint density at radius 3 is 2.43 bits per heavy atom. The molecule has 2 fully saturated rings. The molecule has 5 heteroatoms. The van der Waals surface area contributed by atoms with Crippen LogP contribution in [-0.2, 0) is 0 Å². The molecule has 0 amide bonds. The molecule has 23 heavy (non-hydrogen) atoms. The fourth-order valence-electron chi connectivity index (χ4n) is 3.74. The van der Waals surface area contributed by atoms with Crippen LogP contribution in [0.25, 0.3) is 0 Å². The molecule has 2 atom stereocenters. The summed E-state index contributed by atoms with van der Waals surface area (Å²) in [7, 11) is 0. The van der Waals surface area contributed by atoms with Crippen LogP contribution in [0.1, 0.15) is 31.2 Å². The number of hydrogen-bond acceptors (Lipinski definition) is 4. The fourth-order valence-corrected chi connectivity index (χ4v) is 3.97. The van der Waals surface area contributed by atoms with E-state index < -0.39 is 12.2 Å². The monoisotopic (exact) mass is 339 g/mol. The zero-order valence-corrected chi connectivity index (χ0v) is 14.4. The second-order valence-electron chi connectivity index (χ2n) is 7.00. The molecule has 0 spiro atoms. The van der Waals surface area contributed by atoms with Gasteiger partial charge in [0.1, 0.15) is 11.9 Å². The lowest BCUT2D eigenvalue weighted by molar-refractivity contribution is 0.0438. The number of hydrogen-bond donors (Lipinski definition) is 2. The molecule has 1 saturated heterocycles. The van der Waals surface area contributed by atoms with Crippen molar-refractivity contribution in [1.29, 1.82) is 0 Å². The van der Waals surface area contributed by atoms with E-state index in [9.17, 15) is 10.2 Å². The van der Waals surface area contributed by atoms with Crippen molar-refractivity contribution in [2.45, 2.75) is 50.9 Å². The van der Waals surface area contributed by atoms with E-state index in [0.717, 1.165) is 61.7 Å². The lowest BCUT2D eigenvalue weighted by Gasteiger charge is -2.33. The first-order chi connectivity index (χ1) is 11.0. The quantitative estimate of drug-likeness (QED) is 0.885. The summed E-state index contributed by atoms with van der Waals surface area (Å²) in [4.78, 5) is 2.43. The van der Waals surface area contributed by atoms with E-state index >= 15 is 0 Å². The first-order valence-corrected chi connectivity index (χ1v) is 8.90. The van der Waals surface area contributed by atoms with Gasteiger partial charge in [0, 0.05) is 24.7 Å². The van der Waals surface area contributed by atoms with E-state index in [1.807, 2.05) is 25.1 Å². The van der Waals surface area contributed by atoms with Gasteiger partial charge in [0.2, 0.25) is 0 Å². The molecule has 0 bridgehead atoms. The van der Waals surface area contributed by atoms with Crippen molar-refractivity contribution in [1.82, 2.24) is 4.90 Å². The van der Waals surface area contributed by atoms with Crippen LogP contribution >= 0.6 is 11.6 Å². The molecule has 3 rings (SSSR count). The predicted molar refractivity (Wildman–Crippen MR) is 91.0 cm³/mol. The molecule has 1 heterocycles. The maximum atomic E-state index is 9.65. The van der Waals surface area contributed by atoms with Gasteiger partial charge in [-0.3, -0.25) is 0 Å². The van der Waals surface area contributed by atoms with Gasteiger partial charge in [0.05, 0.1) is 12.2 Å². The number of aliphatic hydroxyl groups excluding tert-OH is 2. The summed E-state index contributed by atoms with van der Waals surface area (Å²) >= 11 is 5.98. The van der Waals surface area contributed by atoms with Crippen molar-refractivity contribution in [3.8, 4) is 5.75 Å². The highest BCUT2D eigenvalue weighted by Gasteiger charge is 2.33. The Morgan fingerprint density at radius 2 is 1.83 bits per heavy atom. The maximum absolute atomic E-state index is 9.65. The average molecular weight is 340 g/mol. The van der Waals surface area contributed by atoms with E-state index in [-0.39, 0.29) is 6.10 Å². The minimum atomic E-state index is -0.534. The summed E-state index contributed by atoms with van der Waals surface area (Å²) in [5, 5.41) is 20.0. The Bertz CT molecular complexity index is 521. The van der Waals surface area contributed by atoms with Gasteiger partial charge >= 0.3 is 0 Å². The molecular formula is C18H26ClNO3. The largest absolute Gasteiger partial charge is 0.490 e. The van der Waals surface area contributed by atoms with Crippen LogP contribution < -0.4 is 4.74 Å². The fraction of sp³-hybridized carbons (Fsp3) is 0.667. The Hall–Kier alpha value is -0.810. The van der Waals surface area contributed by atoms with E-state index in [1.165, 1.54) is 0 Å². The smallest absolute Gasteiger partial charge is 0.122 e. The van der Waals surface area contributed by atoms with Crippen molar-refractivity contribution in [3.05, 3.63) is 28.8 Å². The Balaban J connectivity index is 1.45. The van der Waals surface area contributed by atoms with E-state index in [0.29, 0.717) is 5.92 Å². The second-order valence-corrected chi connectivity index (χ2v) is 7.44. The topological polar surface area (TPSA) is 52.9 Å². The SMILES string of the molecule is Cc1cc(Cl)ccc1OC1CCN(CC2CC(O)C(O)C2)CC1. The molecule has 2 N–H and O–H groups in total. The molecule has 1 saturated carbocycles. The average Bonchev–Trinajstić information content (AvgIpc) is 2.82. The Kier molecular flexibility index (Phi) is 5.47. The molecule has 0 aromatic heterocycles. The van der Waals surface area contributed by atoms with Gasteiger partial charge in [-0.25, -0.2) is 0 Å². The maximum Gasteiger partial charge on any atom is 0.122 e. The van der Waals surface area contributed by atoms with Gasteiger partial charge in [-0.05, 0) is 62.3 Å². The lowest BCUT2D eigenvalue weighted by atomic mass is 10.0. The third-order valence-corrected chi connectivity index (χ3v) is 5.31. The number of nitrogens with zero attached hydrogens (tertiary/aromatic N) is 1. The number of rotatable bonds is 4. The summed E-state index contributed by atoms with van der Waals surface area (Å²) in [6, 6.07) is 5.75. The minimum Gasteiger partial charge on any atom is -0.490 e. The van der Waals surface area contributed by atoms with Crippen molar-refractivity contribution in [2.75, 3.05) is 19.6 Å². The number of aliphatic hydroxyl groups is 2. The highest BCUT2D eigenvalue weighted by molar-refractivity contribution is 6.30. The molecule has 1 aliphatic heterocycles. The highest BCUT2D eigenvalue weighted by atomic mass is 35.5. The van der Waals surface area contributed by atoms with Crippen LogP contribution in [0, 0.1) is 12.8 Å². The summed E-state index contributed by atoms with van der Waals surface area (Å²) in [5.74, 6) is 1.34. The molecular weight excluding hydrogens is 314 g/mol. The molecule has 1 aliphatic carbocycles. The normalized spacial score (nSPS) is 29.8. The predicted octanol–water partition coefficient (Wildman–Crippen LogP) is 2.62. The molecule has 1 aromatic carbocycles. The second kappa shape index (κ2) is 7.39. The van der Waals surface area contributed by atoms with Crippen LogP contribution in [0.5, 0.6) is 5.75 Å². The van der Waals surface area contributed by atoms with Crippen molar-refractivity contribution < 1.29 is 14.9 Å². The van der Waals surface area contributed by atoms with E-state index in [4.69, 9.17) is 16.3 Å². The van der Waals surface area contributed by atoms with Crippen molar-refractivity contribution >= 4 is 11.6 Å².